The van der Waals surface area contributed by atoms with Crippen molar-refractivity contribution in [1.82, 2.24) is 0 Å². The summed E-state index contributed by atoms with van der Waals surface area (Å²) in [4.78, 5) is 0.379. The molecule has 2 rings (SSSR count). The van der Waals surface area contributed by atoms with E-state index in [0.29, 0.717) is 11.6 Å². The zero-order valence-electron chi connectivity index (χ0n) is 10.7. The van der Waals surface area contributed by atoms with Gasteiger partial charge in [-0.05, 0) is 31.2 Å². The van der Waals surface area contributed by atoms with E-state index in [1.54, 1.807) is 0 Å². The highest BCUT2D eigenvalue weighted by Crippen LogP contribution is 2.24. The van der Waals surface area contributed by atoms with Crippen LogP contribution in [0, 0.1) is 0 Å². The smallest absolute Gasteiger partial charge is 0.121 e. The first-order valence-electron chi connectivity index (χ1n) is 6.09. The number of para-hydroxylation sites is 1. The number of hydrogen-bond donors (Lipinski definition) is 2. The summed E-state index contributed by atoms with van der Waals surface area (Å²) in [5.41, 5.74) is 8.38. The highest BCUT2D eigenvalue weighted by atomic mass is 32.1. The number of rotatable bonds is 5. The predicted octanol–water partition coefficient (Wildman–Crippen LogP) is 3.46. The molecule has 3 N–H and O–H groups in total. The Balaban J connectivity index is 2.26. The highest BCUT2D eigenvalue weighted by molar-refractivity contribution is 7.80. The number of ether oxygens (including phenoxy) is 1. The van der Waals surface area contributed by atoms with E-state index in [1.165, 1.54) is 0 Å². The fourth-order valence-corrected chi connectivity index (χ4v) is 1.97. The first-order chi connectivity index (χ1) is 9.20. The number of nitrogens with one attached hydrogen (secondary N) is 1. The van der Waals surface area contributed by atoms with Crippen molar-refractivity contribution in [1.29, 1.82) is 0 Å². The number of hydrogen-bond acceptors (Lipinski definition) is 3. The third-order valence-electron chi connectivity index (χ3n) is 2.62. The standard InChI is InChI=1S/C15H16N2OS/c1-2-18-12-7-5-6-11(10-12)17-14-9-4-3-8-13(14)15(16)19/h3-10,17H,2H2,1H3,(H2,16,19). The Morgan fingerprint density at radius 1 is 1.21 bits per heavy atom. The van der Waals surface area contributed by atoms with Gasteiger partial charge < -0.3 is 15.8 Å². The van der Waals surface area contributed by atoms with Crippen LogP contribution in [0.2, 0.25) is 0 Å². The van der Waals surface area contributed by atoms with E-state index in [1.807, 2.05) is 55.5 Å². The van der Waals surface area contributed by atoms with Gasteiger partial charge in [-0.2, -0.15) is 0 Å². The Morgan fingerprint density at radius 2 is 2.00 bits per heavy atom. The quantitative estimate of drug-likeness (QED) is 0.818. The number of benzene rings is 2. The van der Waals surface area contributed by atoms with Crippen LogP contribution in [0.4, 0.5) is 11.4 Å². The lowest BCUT2D eigenvalue weighted by atomic mass is 10.1. The van der Waals surface area contributed by atoms with Crippen molar-refractivity contribution in [2.24, 2.45) is 5.73 Å². The van der Waals surface area contributed by atoms with Crippen molar-refractivity contribution in [2.45, 2.75) is 6.92 Å². The second-order valence-electron chi connectivity index (χ2n) is 4.00. The highest BCUT2D eigenvalue weighted by Gasteiger charge is 2.04. The lowest BCUT2D eigenvalue weighted by Crippen LogP contribution is -2.11. The molecule has 0 bridgehead atoms. The molecule has 0 heterocycles. The minimum Gasteiger partial charge on any atom is -0.494 e. The van der Waals surface area contributed by atoms with Gasteiger partial charge in [-0.15, -0.1) is 0 Å². The van der Waals surface area contributed by atoms with E-state index in [9.17, 15) is 0 Å². The Kier molecular flexibility index (Phi) is 4.36. The van der Waals surface area contributed by atoms with Gasteiger partial charge in [-0.3, -0.25) is 0 Å². The van der Waals surface area contributed by atoms with Gasteiger partial charge >= 0.3 is 0 Å². The van der Waals surface area contributed by atoms with Crippen molar-refractivity contribution >= 4 is 28.6 Å². The first kappa shape index (κ1) is 13.4. The monoisotopic (exact) mass is 272 g/mol. The molecule has 0 aliphatic carbocycles. The topological polar surface area (TPSA) is 47.3 Å². The Morgan fingerprint density at radius 3 is 2.74 bits per heavy atom. The van der Waals surface area contributed by atoms with Gasteiger partial charge in [0.2, 0.25) is 0 Å². The molecule has 0 spiro atoms. The molecular weight excluding hydrogens is 256 g/mol. The molecular formula is C15H16N2OS. The van der Waals surface area contributed by atoms with E-state index in [0.717, 1.165) is 22.7 Å². The summed E-state index contributed by atoms with van der Waals surface area (Å²) in [5, 5.41) is 3.31. The summed E-state index contributed by atoms with van der Waals surface area (Å²) in [7, 11) is 0. The molecule has 0 aromatic heterocycles. The van der Waals surface area contributed by atoms with Gasteiger partial charge in [-0.25, -0.2) is 0 Å². The van der Waals surface area contributed by atoms with Crippen molar-refractivity contribution < 1.29 is 4.74 Å². The molecule has 0 atom stereocenters. The summed E-state index contributed by atoms with van der Waals surface area (Å²) < 4.78 is 5.47. The zero-order chi connectivity index (χ0) is 13.7. The van der Waals surface area contributed by atoms with Gasteiger partial charge in [0.05, 0.1) is 6.61 Å². The fraction of sp³-hybridized carbons (Fsp3) is 0.133. The van der Waals surface area contributed by atoms with E-state index in [4.69, 9.17) is 22.7 Å². The number of anilines is 2. The van der Waals surface area contributed by atoms with Crippen LogP contribution in [0.25, 0.3) is 0 Å². The molecule has 98 valence electrons. The van der Waals surface area contributed by atoms with Crippen molar-refractivity contribution in [2.75, 3.05) is 11.9 Å². The molecule has 0 saturated carbocycles. The molecule has 19 heavy (non-hydrogen) atoms. The molecule has 3 nitrogen and oxygen atoms in total. The van der Waals surface area contributed by atoms with Gasteiger partial charge in [0.15, 0.2) is 0 Å². The predicted molar refractivity (Wildman–Crippen MR) is 83.2 cm³/mol. The van der Waals surface area contributed by atoms with Crippen molar-refractivity contribution in [3.05, 3.63) is 54.1 Å². The van der Waals surface area contributed by atoms with Crippen LogP contribution in [-0.2, 0) is 0 Å². The summed E-state index contributed by atoms with van der Waals surface area (Å²) in [6.07, 6.45) is 0. The number of nitrogens with two attached hydrogens (primary N) is 1. The average Bonchev–Trinajstić information content (AvgIpc) is 2.40. The Labute approximate surface area is 118 Å². The fourth-order valence-electron chi connectivity index (χ4n) is 1.79. The van der Waals surface area contributed by atoms with E-state index >= 15 is 0 Å². The molecule has 0 saturated heterocycles. The molecule has 4 heteroatoms. The molecule has 0 aliphatic rings. The molecule has 0 aliphatic heterocycles. The summed E-state index contributed by atoms with van der Waals surface area (Å²) >= 11 is 5.05. The average molecular weight is 272 g/mol. The molecule has 2 aromatic rings. The van der Waals surface area contributed by atoms with Gasteiger partial charge in [0.1, 0.15) is 10.7 Å². The second kappa shape index (κ2) is 6.20. The molecule has 0 amide bonds. The zero-order valence-corrected chi connectivity index (χ0v) is 11.5. The van der Waals surface area contributed by atoms with Crippen LogP contribution < -0.4 is 15.8 Å². The summed E-state index contributed by atoms with van der Waals surface area (Å²) in [5.74, 6) is 0.834. The lowest BCUT2D eigenvalue weighted by molar-refractivity contribution is 0.340. The summed E-state index contributed by atoms with van der Waals surface area (Å²) in [6, 6.07) is 15.5. The minimum absolute atomic E-state index is 0.379. The lowest BCUT2D eigenvalue weighted by Gasteiger charge is -2.12. The molecule has 0 fully saturated rings. The minimum atomic E-state index is 0.379. The maximum Gasteiger partial charge on any atom is 0.121 e. The maximum atomic E-state index is 5.71. The van der Waals surface area contributed by atoms with E-state index in [2.05, 4.69) is 5.32 Å². The third kappa shape index (κ3) is 3.45. The van der Waals surface area contributed by atoms with Gasteiger partial charge in [0.25, 0.3) is 0 Å². The Hall–Kier alpha value is -2.07. The van der Waals surface area contributed by atoms with Crippen LogP contribution in [0.5, 0.6) is 5.75 Å². The summed E-state index contributed by atoms with van der Waals surface area (Å²) in [6.45, 7) is 2.61. The number of thiocarbonyl (C=S) groups is 1. The van der Waals surface area contributed by atoms with Crippen molar-refractivity contribution in [3.8, 4) is 5.75 Å². The van der Waals surface area contributed by atoms with Gasteiger partial charge in [0, 0.05) is 23.0 Å². The maximum absolute atomic E-state index is 5.71. The normalized spacial score (nSPS) is 9.95. The largest absolute Gasteiger partial charge is 0.494 e. The van der Waals surface area contributed by atoms with Crippen LogP contribution >= 0.6 is 12.2 Å². The second-order valence-corrected chi connectivity index (χ2v) is 4.44. The van der Waals surface area contributed by atoms with Gasteiger partial charge in [-0.1, -0.05) is 30.4 Å². The molecule has 2 aromatic carbocycles. The first-order valence-corrected chi connectivity index (χ1v) is 6.50. The molecule has 0 radical (unpaired) electrons. The van der Waals surface area contributed by atoms with Crippen molar-refractivity contribution in [3.63, 3.8) is 0 Å². The SMILES string of the molecule is CCOc1cccc(Nc2ccccc2C(N)=S)c1. The third-order valence-corrected chi connectivity index (χ3v) is 2.84. The van der Waals surface area contributed by atoms with Crippen LogP contribution in [0.15, 0.2) is 48.5 Å². The van der Waals surface area contributed by atoms with Crippen LogP contribution in [-0.4, -0.2) is 11.6 Å². The molecule has 0 unspecified atom stereocenters. The van der Waals surface area contributed by atoms with Crippen LogP contribution in [0.1, 0.15) is 12.5 Å². The van der Waals surface area contributed by atoms with E-state index < -0.39 is 0 Å². The van der Waals surface area contributed by atoms with E-state index in [-0.39, 0.29) is 0 Å². The Bertz CT molecular complexity index is 584. The van der Waals surface area contributed by atoms with Crippen LogP contribution in [0.3, 0.4) is 0 Å².